The van der Waals surface area contributed by atoms with E-state index in [2.05, 4.69) is 15.0 Å². The number of aryl methyl sites for hydroxylation is 1. The molecule has 3 N–H and O–H groups in total. The van der Waals surface area contributed by atoms with Gasteiger partial charge in [0.05, 0.1) is 5.56 Å². The summed E-state index contributed by atoms with van der Waals surface area (Å²) in [7, 11) is 0. The fourth-order valence-corrected chi connectivity index (χ4v) is 1.78. The highest BCUT2D eigenvalue weighted by Crippen LogP contribution is 2.14. The molecule has 2 aromatic heterocycles. The third kappa shape index (κ3) is 2.30. The molecule has 2 aromatic rings. The summed E-state index contributed by atoms with van der Waals surface area (Å²) in [5, 5.41) is 9.02. The van der Waals surface area contributed by atoms with Gasteiger partial charge in [-0.25, -0.2) is 9.59 Å². The number of carboxylic acid groups (broad SMARTS) is 1. The minimum Gasteiger partial charge on any atom is -0.478 e. The van der Waals surface area contributed by atoms with Gasteiger partial charge in [0, 0.05) is 23.7 Å². The predicted octanol–water partition coefficient (Wildman–Crippen LogP) is 0.590. The summed E-state index contributed by atoms with van der Waals surface area (Å²) >= 11 is 0. The van der Waals surface area contributed by atoms with E-state index in [1.807, 2.05) is 0 Å². The number of nitrogens with one attached hydrogen (secondary N) is 2. The van der Waals surface area contributed by atoms with Crippen LogP contribution in [-0.4, -0.2) is 31.8 Å². The SMILES string of the molecule is CCc1[nH]c(=O)[nH]c1C(=O)c1ccncc1C(=O)O. The van der Waals surface area contributed by atoms with Crippen LogP contribution >= 0.6 is 0 Å². The third-order valence-electron chi connectivity index (χ3n) is 2.68. The van der Waals surface area contributed by atoms with Gasteiger partial charge >= 0.3 is 11.7 Å². The number of H-pyrrole nitrogens is 2. The number of carbonyl (C=O) groups excluding carboxylic acids is 1. The lowest BCUT2D eigenvalue weighted by atomic mass is 10.0. The number of aromatic nitrogens is 3. The molecule has 0 aromatic carbocycles. The number of pyridine rings is 1. The maximum atomic E-state index is 12.3. The Balaban J connectivity index is 2.56. The zero-order valence-corrected chi connectivity index (χ0v) is 10.1. The molecule has 0 aliphatic carbocycles. The summed E-state index contributed by atoms with van der Waals surface area (Å²) in [5.74, 6) is -1.79. The molecule has 0 unspecified atom stereocenters. The largest absolute Gasteiger partial charge is 0.478 e. The van der Waals surface area contributed by atoms with Crippen molar-refractivity contribution < 1.29 is 14.7 Å². The van der Waals surface area contributed by atoms with Crippen LogP contribution in [0.3, 0.4) is 0 Å². The van der Waals surface area contributed by atoms with E-state index >= 15 is 0 Å². The Morgan fingerprint density at radius 1 is 1.32 bits per heavy atom. The molecule has 98 valence electrons. The van der Waals surface area contributed by atoms with Crippen molar-refractivity contribution in [3.05, 3.63) is 51.5 Å². The molecular weight excluding hydrogens is 250 g/mol. The quantitative estimate of drug-likeness (QED) is 0.696. The van der Waals surface area contributed by atoms with Crippen molar-refractivity contribution in [2.75, 3.05) is 0 Å². The second-order valence-corrected chi connectivity index (χ2v) is 3.84. The van der Waals surface area contributed by atoms with Crippen LogP contribution < -0.4 is 5.69 Å². The van der Waals surface area contributed by atoms with E-state index in [0.29, 0.717) is 12.1 Å². The van der Waals surface area contributed by atoms with Gasteiger partial charge in [0.1, 0.15) is 5.69 Å². The number of carboxylic acids is 1. The molecule has 0 saturated carbocycles. The summed E-state index contributed by atoms with van der Waals surface area (Å²) in [4.78, 5) is 43.1. The van der Waals surface area contributed by atoms with Gasteiger partial charge in [-0.05, 0) is 12.5 Å². The summed E-state index contributed by atoms with van der Waals surface area (Å²) < 4.78 is 0. The summed E-state index contributed by atoms with van der Waals surface area (Å²) in [6, 6.07) is 1.32. The van der Waals surface area contributed by atoms with E-state index in [9.17, 15) is 14.4 Å². The normalized spacial score (nSPS) is 10.4. The first-order valence-electron chi connectivity index (χ1n) is 5.57. The number of imidazole rings is 1. The van der Waals surface area contributed by atoms with Gasteiger partial charge in [0.15, 0.2) is 0 Å². The lowest BCUT2D eigenvalue weighted by Crippen LogP contribution is -2.12. The van der Waals surface area contributed by atoms with Crippen LogP contribution in [0.5, 0.6) is 0 Å². The molecule has 0 spiro atoms. The number of hydrogen-bond acceptors (Lipinski definition) is 4. The molecule has 0 aliphatic rings. The topological polar surface area (TPSA) is 116 Å². The monoisotopic (exact) mass is 261 g/mol. The zero-order valence-electron chi connectivity index (χ0n) is 10.1. The Morgan fingerprint density at radius 3 is 2.68 bits per heavy atom. The van der Waals surface area contributed by atoms with Crippen molar-refractivity contribution in [1.29, 1.82) is 0 Å². The number of ketones is 1. The molecule has 0 saturated heterocycles. The Hall–Kier alpha value is -2.70. The molecule has 0 atom stereocenters. The molecule has 7 heteroatoms. The molecular formula is C12H11N3O4. The minimum atomic E-state index is -1.24. The van der Waals surface area contributed by atoms with E-state index in [-0.39, 0.29) is 16.8 Å². The highest BCUT2D eigenvalue weighted by Gasteiger charge is 2.21. The van der Waals surface area contributed by atoms with Crippen molar-refractivity contribution >= 4 is 11.8 Å². The third-order valence-corrected chi connectivity index (χ3v) is 2.68. The molecule has 0 radical (unpaired) electrons. The zero-order chi connectivity index (χ0) is 14.0. The van der Waals surface area contributed by atoms with Crippen LogP contribution in [0.2, 0.25) is 0 Å². The highest BCUT2D eigenvalue weighted by molar-refractivity contribution is 6.13. The predicted molar refractivity (Wildman–Crippen MR) is 65.4 cm³/mol. The number of aromatic carboxylic acids is 1. The number of hydrogen-bond donors (Lipinski definition) is 3. The molecule has 2 heterocycles. The van der Waals surface area contributed by atoms with Gasteiger partial charge in [-0.1, -0.05) is 6.92 Å². The Morgan fingerprint density at radius 2 is 2.05 bits per heavy atom. The van der Waals surface area contributed by atoms with Crippen LogP contribution in [0.25, 0.3) is 0 Å². The summed E-state index contributed by atoms with van der Waals surface area (Å²) in [5.41, 5.74) is -0.167. The van der Waals surface area contributed by atoms with Crippen LogP contribution in [0.1, 0.15) is 39.0 Å². The molecule has 0 aliphatic heterocycles. The van der Waals surface area contributed by atoms with E-state index in [1.54, 1.807) is 6.92 Å². The highest BCUT2D eigenvalue weighted by atomic mass is 16.4. The Labute approximate surface area is 107 Å². The lowest BCUT2D eigenvalue weighted by molar-refractivity contribution is 0.0692. The first-order chi connectivity index (χ1) is 9.04. The van der Waals surface area contributed by atoms with Gasteiger partial charge in [0.25, 0.3) is 0 Å². The second kappa shape index (κ2) is 4.89. The van der Waals surface area contributed by atoms with Crippen molar-refractivity contribution in [3.8, 4) is 0 Å². The molecule has 2 rings (SSSR count). The average molecular weight is 261 g/mol. The fourth-order valence-electron chi connectivity index (χ4n) is 1.78. The number of aromatic amines is 2. The maximum Gasteiger partial charge on any atom is 0.338 e. The van der Waals surface area contributed by atoms with Crippen LogP contribution in [0.15, 0.2) is 23.3 Å². The maximum absolute atomic E-state index is 12.3. The summed E-state index contributed by atoms with van der Waals surface area (Å²) in [6.07, 6.45) is 2.88. The van der Waals surface area contributed by atoms with Crippen molar-refractivity contribution in [2.24, 2.45) is 0 Å². The van der Waals surface area contributed by atoms with E-state index < -0.39 is 17.4 Å². The van der Waals surface area contributed by atoms with Crippen LogP contribution in [-0.2, 0) is 6.42 Å². The smallest absolute Gasteiger partial charge is 0.338 e. The van der Waals surface area contributed by atoms with Crippen molar-refractivity contribution in [2.45, 2.75) is 13.3 Å². The van der Waals surface area contributed by atoms with Gasteiger partial charge < -0.3 is 15.1 Å². The molecule has 0 amide bonds. The number of rotatable bonds is 4. The average Bonchev–Trinajstić information content (AvgIpc) is 2.79. The van der Waals surface area contributed by atoms with Gasteiger partial charge in [-0.2, -0.15) is 0 Å². The van der Waals surface area contributed by atoms with Gasteiger partial charge in [-0.15, -0.1) is 0 Å². The first-order valence-corrected chi connectivity index (χ1v) is 5.57. The van der Waals surface area contributed by atoms with Gasteiger partial charge in [-0.3, -0.25) is 9.78 Å². The minimum absolute atomic E-state index is 0.00699. The van der Waals surface area contributed by atoms with E-state index in [0.717, 1.165) is 6.20 Å². The molecule has 0 bridgehead atoms. The molecule has 19 heavy (non-hydrogen) atoms. The molecule has 7 nitrogen and oxygen atoms in total. The Kier molecular flexibility index (Phi) is 3.28. The number of carbonyl (C=O) groups is 2. The lowest BCUT2D eigenvalue weighted by Gasteiger charge is -2.04. The van der Waals surface area contributed by atoms with Crippen molar-refractivity contribution in [3.63, 3.8) is 0 Å². The number of nitrogens with zero attached hydrogens (tertiary/aromatic N) is 1. The first kappa shape index (κ1) is 12.7. The molecule has 0 fully saturated rings. The Bertz CT molecular complexity index is 699. The second-order valence-electron chi connectivity index (χ2n) is 3.84. The van der Waals surface area contributed by atoms with Crippen molar-refractivity contribution in [1.82, 2.24) is 15.0 Å². The van der Waals surface area contributed by atoms with Crippen LogP contribution in [0, 0.1) is 0 Å². The van der Waals surface area contributed by atoms with E-state index in [4.69, 9.17) is 5.11 Å². The summed E-state index contributed by atoms with van der Waals surface area (Å²) in [6.45, 7) is 1.78. The van der Waals surface area contributed by atoms with Crippen LogP contribution in [0.4, 0.5) is 0 Å². The van der Waals surface area contributed by atoms with Gasteiger partial charge in [0.2, 0.25) is 5.78 Å². The van der Waals surface area contributed by atoms with E-state index in [1.165, 1.54) is 12.3 Å². The fraction of sp³-hybridized carbons (Fsp3) is 0.167. The standard InChI is InChI=1S/C12H11N3O4/c1-2-8-9(15-12(19)14-8)10(16)6-3-4-13-5-7(6)11(17)18/h3-5H,2H2,1H3,(H,17,18)(H2,14,15,19).